The summed E-state index contributed by atoms with van der Waals surface area (Å²) in [4.78, 5) is 0. The van der Waals surface area contributed by atoms with Gasteiger partial charge in [-0.1, -0.05) is 0 Å². The number of aryl methyl sites for hydroxylation is 2. The third-order valence-electron chi connectivity index (χ3n) is 10.8. The number of ether oxygens (including phenoxy) is 2. The number of benzene rings is 4. The first-order valence-electron chi connectivity index (χ1n) is 16.6. The Labute approximate surface area is 302 Å². The number of rotatable bonds is 6. The zero-order valence-corrected chi connectivity index (χ0v) is 34.4. The molecule has 0 saturated heterocycles. The van der Waals surface area contributed by atoms with Crippen molar-refractivity contribution in [1.82, 2.24) is 0 Å². The average molecular weight is 763 g/mol. The summed E-state index contributed by atoms with van der Waals surface area (Å²) in [6.07, 6.45) is 8.80. The van der Waals surface area contributed by atoms with E-state index in [-0.39, 0.29) is 35.6 Å². The second-order valence-electron chi connectivity index (χ2n) is 15.7. The fourth-order valence-corrected chi connectivity index (χ4v) is 25.3. The minimum atomic E-state index is -5.03. The van der Waals surface area contributed by atoms with E-state index in [1.807, 2.05) is 0 Å². The van der Waals surface area contributed by atoms with Crippen LogP contribution in [-0.2, 0) is 35.5 Å². The number of hydrogen-bond acceptors (Lipinski definition) is 2. The second kappa shape index (κ2) is 13.2. The van der Waals surface area contributed by atoms with Crippen molar-refractivity contribution >= 4 is 38.8 Å². The predicted octanol–water partition coefficient (Wildman–Crippen LogP) is 9.57. The number of hydrogen-bond donors (Lipinski definition) is 0. The molecule has 0 aromatic heterocycles. The fraction of sp³-hybridized carbons (Fsp3) is 0.326. The van der Waals surface area contributed by atoms with E-state index >= 15 is 0 Å². The molecule has 0 N–H and O–H groups in total. The van der Waals surface area contributed by atoms with Crippen LogP contribution in [-0.4, -0.2) is 18.4 Å². The fourth-order valence-electron chi connectivity index (χ4n) is 8.29. The molecule has 2 aliphatic carbocycles. The van der Waals surface area contributed by atoms with Gasteiger partial charge in [0.25, 0.3) is 0 Å². The normalized spacial score (nSPS) is 14.0. The molecule has 0 bridgehead atoms. The van der Waals surface area contributed by atoms with Crippen molar-refractivity contribution in [3.63, 3.8) is 0 Å². The third kappa shape index (κ3) is 5.73. The zero-order chi connectivity index (χ0) is 33.3. The molecule has 5 heteroatoms. The Balaban J connectivity index is 0.00000260. The van der Waals surface area contributed by atoms with Gasteiger partial charge in [-0.05, 0) is 0 Å². The first-order valence-corrected chi connectivity index (χ1v) is 23.3. The summed E-state index contributed by atoms with van der Waals surface area (Å²) in [7, 11) is 3.53. The van der Waals surface area contributed by atoms with Crippen molar-refractivity contribution in [3.05, 3.63) is 122 Å². The third-order valence-corrected chi connectivity index (χ3v) is 27.2. The van der Waals surface area contributed by atoms with E-state index in [0.717, 1.165) is 35.5 Å². The summed E-state index contributed by atoms with van der Waals surface area (Å²) in [5, 5.41) is 0. The van der Waals surface area contributed by atoms with E-state index in [4.69, 9.17) is 13.7 Å². The van der Waals surface area contributed by atoms with E-state index in [0.29, 0.717) is 0 Å². The van der Waals surface area contributed by atoms with Gasteiger partial charge in [0, 0.05) is 0 Å². The molecule has 6 rings (SSSR count). The number of halogens is 2. The molecule has 0 saturated carbocycles. The zero-order valence-electron chi connectivity index (χ0n) is 30.3. The van der Waals surface area contributed by atoms with Crippen LogP contribution in [0.4, 0.5) is 0 Å². The van der Waals surface area contributed by atoms with E-state index in [1.54, 1.807) is 14.2 Å². The van der Waals surface area contributed by atoms with Crippen molar-refractivity contribution in [1.29, 1.82) is 0 Å². The summed E-state index contributed by atoms with van der Waals surface area (Å²) in [5.41, 5.74) is 10.7. The molecule has 0 unspecified atom stereocenters. The molecule has 0 radical (unpaired) electrons. The summed E-state index contributed by atoms with van der Waals surface area (Å²) < 4.78 is 23.1. The van der Waals surface area contributed by atoms with Crippen LogP contribution in [0, 0.1) is 13.8 Å². The Bertz CT molecular complexity index is 1960. The van der Waals surface area contributed by atoms with Gasteiger partial charge in [0.1, 0.15) is 0 Å². The molecule has 0 heterocycles. The molecule has 0 atom stereocenters. The first-order chi connectivity index (χ1) is 21.6. The van der Waals surface area contributed by atoms with Crippen LogP contribution < -0.4 is 19.3 Å². The van der Waals surface area contributed by atoms with Gasteiger partial charge < -0.3 is 0 Å². The number of fused-ring (bicyclic) bond motifs is 3. The number of methoxy groups -OCH3 is 2. The summed E-state index contributed by atoms with van der Waals surface area (Å²) in [6.45, 7) is 18.4. The van der Waals surface area contributed by atoms with Gasteiger partial charge in [-0.15, -0.1) is 24.8 Å². The van der Waals surface area contributed by atoms with Crippen LogP contribution >= 0.6 is 24.8 Å². The van der Waals surface area contributed by atoms with Crippen LogP contribution in [0.15, 0.2) is 88.2 Å². The maximum atomic E-state index is 5.82. The Morgan fingerprint density at radius 1 is 0.688 bits per heavy atom. The molecule has 254 valence electrons. The molecule has 0 amide bonds. The van der Waals surface area contributed by atoms with Crippen LogP contribution in [0.2, 0.25) is 0 Å². The van der Waals surface area contributed by atoms with E-state index in [2.05, 4.69) is 140 Å². The Kier molecular flexibility index (Phi) is 10.5. The van der Waals surface area contributed by atoms with Crippen LogP contribution in [0.3, 0.4) is 0 Å². The Hall–Kier alpha value is -2.71. The van der Waals surface area contributed by atoms with Crippen molar-refractivity contribution in [3.8, 4) is 22.6 Å². The van der Waals surface area contributed by atoms with Gasteiger partial charge in [-0.25, -0.2) is 0 Å². The molecular formula is C43H52Cl2O2Zr. The van der Waals surface area contributed by atoms with Gasteiger partial charge in [-0.2, -0.15) is 0 Å². The van der Waals surface area contributed by atoms with Crippen molar-refractivity contribution in [2.24, 2.45) is 0 Å². The van der Waals surface area contributed by atoms with Crippen LogP contribution in [0.5, 0.6) is 11.5 Å². The SMILES string of the molecule is Cl.Cl.[CH2]=[Zr]([C]1=CC=CC1)([c]1ccc(OC)c(C)c1)([c]1ccc(OC)c(C)c1)[c]1c(C(C)(C)C)ccc2c1Cc1cc(C(C)(C)C)ccc1-2. The van der Waals surface area contributed by atoms with E-state index in [9.17, 15) is 0 Å². The van der Waals surface area contributed by atoms with Gasteiger partial charge in [0.2, 0.25) is 0 Å². The molecule has 2 aliphatic rings. The second-order valence-corrected chi connectivity index (χ2v) is 28.5. The Morgan fingerprint density at radius 3 is 1.71 bits per heavy atom. The Morgan fingerprint density at radius 2 is 1.25 bits per heavy atom. The van der Waals surface area contributed by atoms with Crippen molar-refractivity contribution in [2.45, 2.75) is 79.1 Å². The molecule has 4 aromatic carbocycles. The van der Waals surface area contributed by atoms with Gasteiger partial charge >= 0.3 is 279 Å². The average Bonchev–Trinajstić information content (AvgIpc) is 3.68. The van der Waals surface area contributed by atoms with Crippen LogP contribution in [0.25, 0.3) is 11.1 Å². The van der Waals surface area contributed by atoms with Gasteiger partial charge in [0.05, 0.1) is 0 Å². The standard InChI is InChI=1S/C21H25.2C8H9O.C5H5.CH2.2ClH.Zr/c1-20(2,3)16-7-9-18-14(12-16)11-15-13-17(21(4,5)6)8-10-19(15)18;2*1-7-5-3-4-6-8(7)9-2;1-2-4-5-3-1;;;;/h7-10,12H,11H2,1-6H3;2*4-6H,1-2H3;1-3H,4H2;1H2;2*1H;. The van der Waals surface area contributed by atoms with E-state index in [1.165, 1.54) is 46.5 Å². The summed E-state index contributed by atoms with van der Waals surface area (Å²) in [6, 6.07) is 25.9. The molecule has 0 spiro atoms. The molecular weight excluding hydrogens is 711 g/mol. The summed E-state index contributed by atoms with van der Waals surface area (Å²) >= 11 is -5.03. The van der Waals surface area contributed by atoms with Crippen molar-refractivity contribution < 1.29 is 27.8 Å². The number of allylic oxidation sites excluding steroid dienone is 4. The van der Waals surface area contributed by atoms with E-state index < -0.39 is 18.3 Å². The van der Waals surface area contributed by atoms with Crippen molar-refractivity contribution in [2.75, 3.05) is 14.2 Å². The van der Waals surface area contributed by atoms with Gasteiger partial charge in [-0.3, -0.25) is 0 Å². The maximum absolute atomic E-state index is 5.82. The molecule has 4 aromatic rings. The molecule has 2 nitrogen and oxygen atoms in total. The minimum absolute atomic E-state index is 0. The predicted molar refractivity (Wildman–Crippen MR) is 210 cm³/mol. The van der Waals surface area contributed by atoms with Crippen LogP contribution in [0.1, 0.15) is 81.3 Å². The molecule has 0 aliphatic heterocycles. The van der Waals surface area contributed by atoms with Gasteiger partial charge in [0.15, 0.2) is 0 Å². The molecule has 48 heavy (non-hydrogen) atoms. The monoisotopic (exact) mass is 760 g/mol. The quantitative estimate of drug-likeness (QED) is 0.172. The molecule has 0 fully saturated rings. The first kappa shape index (κ1) is 38.1. The topological polar surface area (TPSA) is 18.5 Å². The summed E-state index contributed by atoms with van der Waals surface area (Å²) in [5.74, 6) is 1.82.